The van der Waals surface area contributed by atoms with E-state index in [9.17, 15) is 10.0 Å². The van der Waals surface area contributed by atoms with Crippen LogP contribution < -0.4 is 10.2 Å². The van der Waals surface area contributed by atoms with Gasteiger partial charge in [-0.1, -0.05) is 18.2 Å². The second-order valence-electron chi connectivity index (χ2n) is 5.84. The Kier molecular flexibility index (Phi) is 3.85. The average Bonchev–Trinajstić information content (AvgIpc) is 3.32. The summed E-state index contributed by atoms with van der Waals surface area (Å²) < 4.78 is 6.28. The fourth-order valence-electron chi connectivity index (χ4n) is 2.85. The molecule has 0 saturated carbocycles. The van der Waals surface area contributed by atoms with Crippen LogP contribution in [-0.4, -0.2) is 20.8 Å². The van der Waals surface area contributed by atoms with E-state index in [0.29, 0.717) is 16.0 Å². The summed E-state index contributed by atoms with van der Waals surface area (Å²) in [5.41, 5.74) is 2.83. The Morgan fingerprint density at radius 3 is 2.92 bits per heavy atom. The molecule has 0 unspecified atom stereocenters. The fraction of sp³-hybridized carbons (Fsp3) is 0.111. The number of nitrogens with one attached hydrogen (secondary N) is 1. The van der Waals surface area contributed by atoms with Gasteiger partial charge in [0.2, 0.25) is 11.0 Å². The second kappa shape index (κ2) is 6.32. The zero-order valence-electron chi connectivity index (χ0n) is 13.9. The van der Waals surface area contributed by atoms with E-state index in [2.05, 4.69) is 20.2 Å². The molecule has 0 aliphatic heterocycles. The summed E-state index contributed by atoms with van der Waals surface area (Å²) in [6.45, 7) is 1.90. The van der Waals surface area contributed by atoms with Crippen LogP contribution in [0.25, 0.3) is 16.7 Å². The number of aromatic nitrogens is 4. The summed E-state index contributed by atoms with van der Waals surface area (Å²) in [5.74, 6) is -0.268. The van der Waals surface area contributed by atoms with Crippen LogP contribution in [0.5, 0.6) is 0 Å². The van der Waals surface area contributed by atoms with Crippen molar-refractivity contribution in [1.29, 1.82) is 0 Å². The lowest BCUT2D eigenvalue weighted by Gasteiger charge is -2.18. The van der Waals surface area contributed by atoms with Crippen molar-refractivity contribution in [1.82, 2.24) is 20.3 Å². The zero-order chi connectivity index (χ0) is 18.1. The van der Waals surface area contributed by atoms with E-state index in [1.807, 2.05) is 43.5 Å². The van der Waals surface area contributed by atoms with Gasteiger partial charge in [-0.25, -0.2) is 4.68 Å². The van der Waals surface area contributed by atoms with E-state index < -0.39 is 0 Å². The SMILES string of the molecule is C[C@H](NC(=O)c1ccc2c(c1)no[n+]2[O-])c1ccccc1-n1cccn1. The van der Waals surface area contributed by atoms with E-state index in [1.165, 1.54) is 12.1 Å². The predicted octanol–water partition coefficient (Wildman–Crippen LogP) is 2.14. The Morgan fingerprint density at radius 1 is 1.27 bits per heavy atom. The van der Waals surface area contributed by atoms with Crippen molar-refractivity contribution < 1.29 is 14.3 Å². The number of carbonyl (C=O) groups is 1. The number of nitrogens with zero attached hydrogens (tertiary/aromatic N) is 4. The number of rotatable bonds is 4. The van der Waals surface area contributed by atoms with Gasteiger partial charge in [0.15, 0.2) is 0 Å². The molecule has 1 amide bonds. The van der Waals surface area contributed by atoms with Crippen LogP contribution in [-0.2, 0) is 0 Å². The lowest BCUT2D eigenvalue weighted by Crippen LogP contribution is -2.27. The van der Waals surface area contributed by atoms with Crippen molar-refractivity contribution in [3.8, 4) is 5.69 Å². The van der Waals surface area contributed by atoms with Crippen LogP contribution in [0.3, 0.4) is 0 Å². The van der Waals surface area contributed by atoms with Crippen molar-refractivity contribution in [2.75, 3.05) is 0 Å². The number of benzene rings is 2. The first-order chi connectivity index (χ1) is 12.6. The van der Waals surface area contributed by atoms with Gasteiger partial charge < -0.3 is 10.5 Å². The molecule has 0 aliphatic carbocycles. The standard InChI is InChI=1S/C18H15N5O3/c1-12(14-5-2-3-6-16(14)22-10-4-9-19-22)20-18(24)13-7-8-17-15(11-13)21-26-23(17)25/h2-12H,1H3,(H,20,24)/t12-/m0/s1. The molecule has 8 heteroatoms. The first-order valence-corrected chi connectivity index (χ1v) is 8.03. The predicted molar refractivity (Wildman–Crippen MR) is 92.4 cm³/mol. The van der Waals surface area contributed by atoms with E-state index in [0.717, 1.165) is 11.3 Å². The van der Waals surface area contributed by atoms with Gasteiger partial charge in [-0.05, 0) is 41.7 Å². The molecule has 8 nitrogen and oxygen atoms in total. The second-order valence-corrected chi connectivity index (χ2v) is 5.84. The molecule has 1 atom stereocenters. The van der Waals surface area contributed by atoms with Gasteiger partial charge in [0.1, 0.15) is 0 Å². The molecule has 4 rings (SSSR count). The molecular weight excluding hydrogens is 334 g/mol. The summed E-state index contributed by atoms with van der Waals surface area (Å²) in [6.07, 6.45) is 3.56. The van der Waals surface area contributed by atoms with Crippen LogP contribution in [0.4, 0.5) is 0 Å². The first kappa shape index (κ1) is 15.8. The molecule has 2 aromatic heterocycles. The molecule has 0 fully saturated rings. The molecule has 2 aromatic carbocycles. The third-order valence-electron chi connectivity index (χ3n) is 4.15. The Labute approximate surface area is 148 Å². The molecule has 0 aliphatic rings. The minimum Gasteiger partial charge on any atom is -0.359 e. The van der Waals surface area contributed by atoms with Crippen LogP contribution >= 0.6 is 0 Å². The van der Waals surface area contributed by atoms with Crippen molar-refractivity contribution in [3.63, 3.8) is 0 Å². The van der Waals surface area contributed by atoms with E-state index in [1.54, 1.807) is 16.9 Å². The highest BCUT2D eigenvalue weighted by Crippen LogP contribution is 2.21. The highest BCUT2D eigenvalue weighted by Gasteiger charge is 2.18. The fourth-order valence-corrected chi connectivity index (χ4v) is 2.85. The molecule has 2 heterocycles. The van der Waals surface area contributed by atoms with Crippen LogP contribution in [0.2, 0.25) is 0 Å². The van der Waals surface area contributed by atoms with Gasteiger partial charge in [0.05, 0.1) is 11.7 Å². The maximum Gasteiger partial charge on any atom is 0.251 e. The van der Waals surface area contributed by atoms with Gasteiger partial charge in [0.25, 0.3) is 5.91 Å². The molecule has 0 bridgehead atoms. The lowest BCUT2D eigenvalue weighted by molar-refractivity contribution is -0.782. The number of para-hydroxylation sites is 1. The van der Waals surface area contributed by atoms with Gasteiger partial charge >= 0.3 is 0 Å². The van der Waals surface area contributed by atoms with Crippen LogP contribution in [0.15, 0.2) is 65.6 Å². The Hall–Kier alpha value is -3.68. The highest BCUT2D eigenvalue weighted by molar-refractivity contribution is 5.97. The molecule has 130 valence electrons. The number of hydrogen-bond donors (Lipinski definition) is 1. The summed E-state index contributed by atoms with van der Waals surface area (Å²) in [7, 11) is 0. The molecular formula is C18H15N5O3. The maximum absolute atomic E-state index is 12.6. The Balaban J connectivity index is 1.59. The topological polar surface area (TPSA) is 99.9 Å². The number of amides is 1. The van der Waals surface area contributed by atoms with Gasteiger partial charge in [0, 0.05) is 29.2 Å². The third-order valence-corrected chi connectivity index (χ3v) is 4.15. The van der Waals surface area contributed by atoms with Crippen molar-refractivity contribution in [2.24, 2.45) is 0 Å². The van der Waals surface area contributed by atoms with Crippen molar-refractivity contribution >= 4 is 16.9 Å². The van der Waals surface area contributed by atoms with E-state index in [4.69, 9.17) is 0 Å². The Bertz CT molecular complexity index is 1070. The number of hydrogen-bond acceptors (Lipinski definition) is 5. The minimum atomic E-state index is -0.268. The highest BCUT2D eigenvalue weighted by atomic mass is 16.8. The quantitative estimate of drug-likeness (QED) is 0.569. The van der Waals surface area contributed by atoms with Gasteiger partial charge in [-0.2, -0.15) is 5.10 Å². The lowest BCUT2D eigenvalue weighted by atomic mass is 10.1. The molecule has 26 heavy (non-hydrogen) atoms. The number of carbonyl (C=O) groups excluding carboxylic acids is 1. The zero-order valence-corrected chi connectivity index (χ0v) is 13.9. The van der Waals surface area contributed by atoms with Crippen LogP contribution in [0, 0.1) is 5.21 Å². The molecule has 1 N–H and O–H groups in total. The average molecular weight is 349 g/mol. The molecule has 0 radical (unpaired) electrons. The normalized spacial score (nSPS) is 12.2. The molecule has 0 saturated heterocycles. The summed E-state index contributed by atoms with van der Waals surface area (Å²) >= 11 is 0. The number of fused-ring (bicyclic) bond motifs is 1. The summed E-state index contributed by atoms with van der Waals surface area (Å²) in [6, 6.07) is 13.9. The van der Waals surface area contributed by atoms with Crippen molar-refractivity contribution in [2.45, 2.75) is 13.0 Å². The maximum atomic E-state index is 12.6. The smallest absolute Gasteiger partial charge is 0.251 e. The van der Waals surface area contributed by atoms with Gasteiger partial charge in [-0.3, -0.25) is 9.42 Å². The first-order valence-electron chi connectivity index (χ1n) is 8.03. The van der Waals surface area contributed by atoms with Crippen molar-refractivity contribution in [3.05, 3.63) is 77.3 Å². The summed E-state index contributed by atoms with van der Waals surface area (Å²) in [4.78, 5) is 12.9. The largest absolute Gasteiger partial charge is 0.359 e. The van der Waals surface area contributed by atoms with Gasteiger partial charge in [-0.15, -0.1) is 0 Å². The third kappa shape index (κ3) is 2.77. The van der Waals surface area contributed by atoms with Crippen LogP contribution in [0.1, 0.15) is 28.9 Å². The molecule has 4 aromatic rings. The van der Waals surface area contributed by atoms with E-state index >= 15 is 0 Å². The monoisotopic (exact) mass is 349 g/mol. The Morgan fingerprint density at radius 2 is 2.12 bits per heavy atom. The minimum absolute atomic E-state index is 0.250. The van der Waals surface area contributed by atoms with E-state index in [-0.39, 0.29) is 17.5 Å². The summed E-state index contributed by atoms with van der Waals surface area (Å²) in [5, 5.41) is 22.2. The molecule has 0 spiro atoms.